The molecule has 316 valence electrons. The number of fused-ring (bicyclic) bond motifs is 2. The molecule has 4 unspecified atom stereocenters. The molecule has 10 rings (SSSR count). The van der Waals surface area contributed by atoms with Crippen molar-refractivity contribution in [3.05, 3.63) is 230 Å². The maximum Gasteiger partial charge on any atom is 0.288 e. The number of allylic oxidation sites excluding steroid dienone is 8. The lowest BCUT2D eigenvalue weighted by Crippen LogP contribution is -2.69. The second kappa shape index (κ2) is 18.8. The van der Waals surface area contributed by atoms with Crippen LogP contribution in [0.3, 0.4) is 0 Å². The van der Waals surface area contributed by atoms with Gasteiger partial charge in [0.2, 0.25) is 0 Å². The fourth-order valence-corrected chi connectivity index (χ4v) is 20.2. The van der Waals surface area contributed by atoms with Crippen molar-refractivity contribution in [3.63, 3.8) is 0 Å². The first-order valence-electron chi connectivity index (χ1n) is 23.6. The Hall–Kier alpha value is -5.37. The average molecular weight is 857 g/mol. The van der Waals surface area contributed by atoms with Crippen LogP contribution in [0, 0.1) is 29.1 Å². The predicted octanol–water partition coefficient (Wildman–Crippen LogP) is 9.95. The van der Waals surface area contributed by atoms with Crippen LogP contribution in [0.5, 0.6) is 0 Å². The van der Waals surface area contributed by atoms with Crippen LogP contribution >= 0.6 is 0 Å². The zero-order chi connectivity index (χ0) is 42.4. The molecule has 0 saturated heterocycles. The van der Waals surface area contributed by atoms with Crippen LogP contribution in [0.25, 0.3) is 0 Å². The highest BCUT2D eigenvalue weighted by atomic mass is 28.4. The Morgan fingerprint density at radius 2 is 0.667 bits per heavy atom. The van der Waals surface area contributed by atoms with E-state index in [1.54, 1.807) is 11.1 Å². The van der Waals surface area contributed by atoms with E-state index in [2.05, 4.69) is 218 Å². The lowest BCUT2D eigenvalue weighted by molar-refractivity contribution is 0.0509. The summed E-state index contributed by atoms with van der Waals surface area (Å²) in [6, 6.07) is 66.9. The monoisotopic (exact) mass is 856 g/mol. The van der Waals surface area contributed by atoms with Crippen molar-refractivity contribution in [2.75, 3.05) is 13.2 Å². The van der Waals surface area contributed by atoms with Gasteiger partial charge in [-0.25, -0.2) is 0 Å². The Balaban J connectivity index is 1.11. The third-order valence-corrected chi connectivity index (χ3v) is 23.4. The summed E-state index contributed by atoms with van der Waals surface area (Å²) in [7, 11) is -5.88. The topological polar surface area (TPSA) is 18.5 Å². The smallest absolute Gasteiger partial charge is 0.288 e. The van der Waals surface area contributed by atoms with Crippen molar-refractivity contribution >= 4 is 47.8 Å². The molecule has 0 aliphatic heterocycles. The van der Waals surface area contributed by atoms with Crippen LogP contribution in [0.4, 0.5) is 0 Å². The molecule has 4 aliphatic rings. The van der Waals surface area contributed by atoms with Gasteiger partial charge in [-0.05, 0) is 112 Å². The Labute approximate surface area is 378 Å². The summed E-state index contributed by atoms with van der Waals surface area (Å²) in [5, 5.41) is 7.77. The van der Waals surface area contributed by atoms with E-state index in [4.69, 9.17) is 8.85 Å². The second-order valence-corrected chi connectivity index (χ2v) is 25.1. The Morgan fingerprint density at radius 1 is 0.381 bits per heavy atom. The molecule has 4 aliphatic carbocycles. The third kappa shape index (κ3) is 7.86. The summed E-state index contributed by atoms with van der Waals surface area (Å²) in [5.41, 5.74) is 3.30. The van der Waals surface area contributed by atoms with Crippen LogP contribution in [-0.2, 0) is 8.85 Å². The highest BCUT2D eigenvalue weighted by Crippen LogP contribution is 2.61. The standard InChI is InChI=1S/C59H60O2Si2/c1-7-25-49(26-8-1)62(50-27-9-2-10-28-50,51-29-11-3-12-30-51)60-45-43-59(57-41-39-47-23-19-21-37-55(47)57,58-42-40-48-24-20-22-38-56(48)58)44-46-61-63(52-31-13-4-14-32-52,53-33-15-5-16-34-53)54-35-17-6-18-36-54/h1-22,25-38,47-48,57-58H,23-24,39-46H2. The zero-order valence-electron chi connectivity index (χ0n) is 36.5. The Bertz CT molecular complexity index is 2160. The minimum atomic E-state index is -2.94. The van der Waals surface area contributed by atoms with Gasteiger partial charge in [-0.3, -0.25) is 0 Å². The van der Waals surface area contributed by atoms with Crippen LogP contribution in [0.15, 0.2) is 230 Å². The van der Waals surface area contributed by atoms with E-state index >= 15 is 0 Å². The first-order valence-corrected chi connectivity index (χ1v) is 27.4. The van der Waals surface area contributed by atoms with E-state index in [1.165, 1.54) is 56.8 Å². The lowest BCUT2D eigenvalue weighted by atomic mass is 9.58. The fraction of sp³-hybridized carbons (Fsp3) is 0.254. The maximum absolute atomic E-state index is 7.93. The molecule has 2 nitrogen and oxygen atoms in total. The lowest BCUT2D eigenvalue weighted by Gasteiger charge is -2.48. The summed E-state index contributed by atoms with van der Waals surface area (Å²) in [6.07, 6.45) is 23.8. The molecule has 6 aromatic rings. The summed E-state index contributed by atoms with van der Waals surface area (Å²) in [6.45, 7) is 1.36. The minimum absolute atomic E-state index is 0.0636. The maximum atomic E-state index is 7.93. The van der Waals surface area contributed by atoms with Gasteiger partial charge in [0.15, 0.2) is 0 Å². The molecule has 2 fully saturated rings. The number of hydrogen-bond donors (Lipinski definition) is 0. The van der Waals surface area contributed by atoms with Crippen LogP contribution in [0.2, 0.25) is 0 Å². The second-order valence-electron chi connectivity index (χ2n) is 18.3. The molecule has 2 saturated carbocycles. The molecule has 0 radical (unpaired) electrons. The first kappa shape index (κ1) is 41.6. The van der Waals surface area contributed by atoms with Crippen molar-refractivity contribution in [2.45, 2.75) is 51.4 Å². The van der Waals surface area contributed by atoms with Crippen molar-refractivity contribution in [3.8, 4) is 0 Å². The Morgan fingerprint density at radius 3 is 0.952 bits per heavy atom. The third-order valence-electron chi connectivity index (χ3n) is 15.3. The molecule has 0 heterocycles. The van der Waals surface area contributed by atoms with E-state index in [1.807, 2.05) is 0 Å². The SMILES string of the molecule is C1=CCC2CCC(C(CCO[Si](c3ccccc3)(c3ccccc3)c3ccccc3)(CCO[Si](c3ccccc3)(c3ccccc3)c3ccccc3)C3CCC4CC=CC=C43)C2=C1. The average Bonchev–Trinajstić information content (AvgIpc) is 4.01. The van der Waals surface area contributed by atoms with Crippen molar-refractivity contribution in [2.24, 2.45) is 29.1 Å². The molecule has 0 bridgehead atoms. The van der Waals surface area contributed by atoms with Gasteiger partial charge in [-0.2, -0.15) is 0 Å². The van der Waals surface area contributed by atoms with Crippen LogP contribution in [-0.4, -0.2) is 29.8 Å². The van der Waals surface area contributed by atoms with Gasteiger partial charge in [0.05, 0.1) is 0 Å². The normalized spacial score (nSPS) is 20.8. The van der Waals surface area contributed by atoms with E-state index in [0.29, 0.717) is 36.9 Å². The molecule has 0 amide bonds. The van der Waals surface area contributed by atoms with Gasteiger partial charge in [-0.1, -0.05) is 230 Å². The highest BCUT2D eigenvalue weighted by molar-refractivity contribution is 7.07. The summed E-state index contributed by atoms with van der Waals surface area (Å²) in [5.74, 6) is 2.16. The summed E-state index contributed by atoms with van der Waals surface area (Å²) in [4.78, 5) is 0. The van der Waals surface area contributed by atoms with Crippen molar-refractivity contribution in [1.29, 1.82) is 0 Å². The molecular formula is C59H60O2Si2. The van der Waals surface area contributed by atoms with Crippen LogP contribution in [0.1, 0.15) is 51.4 Å². The molecule has 4 atom stereocenters. The first-order chi connectivity index (χ1) is 31.2. The van der Waals surface area contributed by atoms with Crippen LogP contribution < -0.4 is 31.1 Å². The number of hydrogen-bond acceptors (Lipinski definition) is 2. The van der Waals surface area contributed by atoms with Crippen molar-refractivity contribution in [1.82, 2.24) is 0 Å². The van der Waals surface area contributed by atoms with E-state index in [9.17, 15) is 0 Å². The number of benzene rings is 6. The molecule has 0 N–H and O–H groups in total. The molecular weight excluding hydrogens is 797 g/mol. The van der Waals surface area contributed by atoms with Gasteiger partial charge in [0.25, 0.3) is 16.6 Å². The Kier molecular flexibility index (Phi) is 12.4. The minimum Gasteiger partial charge on any atom is -0.404 e. The number of rotatable bonds is 16. The zero-order valence-corrected chi connectivity index (χ0v) is 38.5. The largest absolute Gasteiger partial charge is 0.404 e. The highest BCUT2D eigenvalue weighted by Gasteiger charge is 2.54. The van der Waals surface area contributed by atoms with Gasteiger partial charge in [-0.15, -0.1) is 0 Å². The van der Waals surface area contributed by atoms with E-state index in [-0.39, 0.29) is 5.41 Å². The molecule has 4 heteroatoms. The van der Waals surface area contributed by atoms with E-state index < -0.39 is 16.6 Å². The summed E-state index contributed by atoms with van der Waals surface area (Å²) >= 11 is 0. The van der Waals surface area contributed by atoms with Gasteiger partial charge < -0.3 is 8.85 Å². The van der Waals surface area contributed by atoms with Gasteiger partial charge in [0, 0.05) is 13.2 Å². The van der Waals surface area contributed by atoms with Gasteiger partial charge >= 0.3 is 0 Å². The fourth-order valence-electron chi connectivity index (χ4n) is 12.5. The van der Waals surface area contributed by atoms with E-state index in [0.717, 1.165) is 25.7 Å². The molecule has 0 aromatic heterocycles. The quantitative estimate of drug-likeness (QED) is 0.0714. The predicted molar refractivity (Wildman–Crippen MR) is 268 cm³/mol. The van der Waals surface area contributed by atoms with Gasteiger partial charge in [0.1, 0.15) is 0 Å². The molecule has 0 spiro atoms. The molecule has 63 heavy (non-hydrogen) atoms. The molecule has 6 aromatic carbocycles. The summed E-state index contributed by atoms with van der Waals surface area (Å²) < 4.78 is 15.9. The van der Waals surface area contributed by atoms with Crippen molar-refractivity contribution < 1.29 is 8.85 Å².